The molecule has 2 aliphatic rings. The number of hydrogen-bond acceptors (Lipinski definition) is 4. The van der Waals surface area contributed by atoms with E-state index in [1.54, 1.807) is 12.1 Å². The smallest absolute Gasteiger partial charge is 0.246 e. The van der Waals surface area contributed by atoms with Gasteiger partial charge in [0, 0.05) is 25.2 Å². The zero-order valence-electron chi connectivity index (χ0n) is 12.6. The third-order valence-corrected chi connectivity index (χ3v) is 6.05. The number of benzene rings is 1. The van der Waals surface area contributed by atoms with Crippen LogP contribution in [0.15, 0.2) is 29.2 Å². The van der Waals surface area contributed by atoms with Crippen LogP contribution in [0.1, 0.15) is 25.7 Å². The molecule has 23 heavy (non-hydrogen) atoms. The predicted octanol–water partition coefficient (Wildman–Crippen LogP) is 0.688. The second-order valence-corrected chi connectivity index (χ2v) is 7.72. The molecule has 2 aliphatic heterocycles. The van der Waals surface area contributed by atoms with E-state index in [0.717, 1.165) is 12.8 Å². The van der Waals surface area contributed by atoms with E-state index >= 15 is 0 Å². The first kappa shape index (κ1) is 15.9. The van der Waals surface area contributed by atoms with E-state index in [0.29, 0.717) is 31.6 Å². The van der Waals surface area contributed by atoms with E-state index in [9.17, 15) is 18.0 Å². The Kier molecular flexibility index (Phi) is 4.36. The highest BCUT2D eigenvalue weighted by Crippen LogP contribution is 2.22. The summed E-state index contributed by atoms with van der Waals surface area (Å²) in [7, 11) is -3.44. The van der Waals surface area contributed by atoms with Crippen LogP contribution in [0.3, 0.4) is 0 Å². The van der Waals surface area contributed by atoms with Gasteiger partial charge in [-0.3, -0.25) is 9.59 Å². The van der Waals surface area contributed by atoms with Crippen molar-refractivity contribution in [1.29, 1.82) is 0 Å². The van der Waals surface area contributed by atoms with E-state index < -0.39 is 16.1 Å². The molecule has 2 amide bonds. The number of carbonyl (C=O) groups excluding carboxylic acids is 2. The molecule has 0 aromatic heterocycles. The van der Waals surface area contributed by atoms with Gasteiger partial charge >= 0.3 is 0 Å². The summed E-state index contributed by atoms with van der Waals surface area (Å²) in [5, 5.41) is 5.28. The monoisotopic (exact) mass is 337 g/mol. The van der Waals surface area contributed by atoms with Crippen molar-refractivity contribution in [3.05, 3.63) is 24.3 Å². The Hall–Kier alpha value is -1.93. The van der Waals surface area contributed by atoms with Crippen LogP contribution in [0.2, 0.25) is 0 Å². The Bertz CT molecular complexity index is 709. The largest absolute Gasteiger partial charge is 0.344 e. The van der Waals surface area contributed by atoms with Gasteiger partial charge in [-0.05, 0) is 43.5 Å². The van der Waals surface area contributed by atoms with Gasteiger partial charge < -0.3 is 10.6 Å². The van der Waals surface area contributed by atoms with Gasteiger partial charge in [0.2, 0.25) is 21.8 Å². The lowest BCUT2D eigenvalue weighted by Crippen LogP contribution is -2.37. The van der Waals surface area contributed by atoms with Crippen LogP contribution >= 0.6 is 0 Å². The summed E-state index contributed by atoms with van der Waals surface area (Å²) in [4.78, 5) is 23.4. The molecule has 0 saturated carbocycles. The number of nitrogens with one attached hydrogen (secondary N) is 2. The Morgan fingerprint density at radius 2 is 1.83 bits per heavy atom. The van der Waals surface area contributed by atoms with Gasteiger partial charge in [-0.15, -0.1) is 0 Å². The number of anilines is 1. The zero-order chi connectivity index (χ0) is 16.4. The standard InChI is InChI=1S/C15H19N3O4S/c19-14-8-7-13(17-14)15(20)16-11-3-5-12(6-4-11)23(21,22)18-9-1-2-10-18/h3-6,13H,1-2,7-10H2,(H,16,20)(H,17,19)/t13-/m0/s1. The van der Waals surface area contributed by atoms with Crippen LogP contribution in [0.5, 0.6) is 0 Å². The third kappa shape index (κ3) is 3.37. The highest BCUT2D eigenvalue weighted by Gasteiger charge is 2.28. The molecule has 124 valence electrons. The average Bonchev–Trinajstić information content (AvgIpc) is 3.19. The van der Waals surface area contributed by atoms with Gasteiger partial charge in [0.25, 0.3) is 0 Å². The van der Waals surface area contributed by atoms with E-state index in [4.69, 9.17) is 0 Å². The molecule has 0 bridgehead atoms. The summed E-state index contributed by atoms with van der Waals surface area (Å²) in [6.45, 7) is 1.12. The van der Waals surface area contributed by atoms with Gasteiger partial charge in [-0.2, -0.15) is 4.31 Å². The Morgan fingerprint density at radius 1 is 1.17 bits per heavy atom. The van der Waals surface area contributed by atoms with Crippen molar-refractivity contribution in [2.75, 3.05) is 18.4 Å². The number of nitrogens with zero attached hydrogens (tertiary/aromatic N) is 1. The number of sulfonamides is 1. The summed E-state index contributed by atoms with van der Waals surface area (Å²) in [6, 6.07) is 5.61. The van der Waals surface area contributed by atoms with E-state index in [1.165, 1.54) is 16.4 Å². The molecule has 2 fully saturated rings. The van der Waals surface area contributed by atoms with Crippen molar-refractivity contribution in [3.8, 4) is 0 Å². The van der Waals surface area contributed by atoms with E-state index in [1.807, 2.05) is 0 Å². The van der Waals surface area contributed by atoms with Crippen LogP contribution < -0.4 is 10.6 Å². The average molecular weight is 337 g/mol. The predicted molar refractivity (Wildman–Crippen MR) is 84.2 cm³/mol. The lowest BCUT2D eigenvalue weighted by atomic mass is 10.2. The van der Waals surface area contributed by atoms with Crippen LogP contribution in [-0.4, -0.2) is 43.7 Å². The van der Waals surface area contributed by atoms with Crippen molar-refractivity contribution in [3.63, 3.8) is 0 Å². The van der Waals surface area contributed by atoms with Crippen LogP contribution in [0.25, 0.3) is 0 Å². The summed E-state index contributed by atoms with van der Waals surface area (Å²) in [6.07, 6.45) is 2.61. The lowest BCUT2D eigenvalue weighted by Gasteiger charge is -2.16. The summed E-state index contributed by atoms with van der Waals surface area (Å²) in [5.41, 5.74) is 0.511. The summed E-state index contributed by atoms with van der Waals surface area (Å²) < 4.78 is 26.3. The molecule has 0 aliphatic carbocycles. The minimum Gasteiger partial charge on any atom is -0.344 e. The van der Waals surface area contributed by atoms with Crippen molar-refractivity contribution >= 4 is 27.5 Å². The molecule has 2 heterocycles. The van der Waals surface area contributed by atoms with Gasteiger partial charge in [-0.1, -0.05) is 0 Å². The molecule has 1 aromatic rings. The molecule has 7 nitrogen and oxygen atoms in total. The first-order valence-corrected chi connectivity index (χ1v) is 9.11. The fourth-order valence-electron chi connectivity index (χ4n) is 2.83. The molecule has 1 atom stereocenters. The van der Waals surface area contributed by atoms with Crippen molar-refractivity contribution in [2.45, 2.75) is 36.6 Å². The van der Waals surface area contributed by atoms with Crippen molar-refractivity contribution < 1.29 is 18.0 Å². The van der Waals surface area contributed by atoms with Gasteiger partial charge in [-0.25, -0.2) is 8.42 Å². The first-order chi connectivity index (χ1) is 11.0. The second kappa shape index (κ2) is 6.29. The minimum absolute atomic E-state index is 0.128. The summed E-state index contributed by atoms with van der Waals surface area (Å²) in [5.74, 6) is -0.414. The Labute approximate surface area is 135 Å². The minimum atomic E-state index is -3.44. The maximum Gasteiger partial charge on any atom is 0.246 e. The summed E-state index contributed by atoms with van der Waals surface area (Å²) >= 11 is 0. The van der Waals surface area contributed by atoms with Crippen molar-refractivity contribution in [1.82, 2.24) is 9.62 Å². The molecule has 0 radical (unpaired) electrons. The molecule has 1 aromatic carbocycles. The SMILES string of the molecule is O=C1CC[C@@H](C(=O)Nc2ccc(S(=O)(=O)N3CCCC3)cc2)N1. The third-order valence-electron chi connectivity index (χ3n) is 4.14. The fraction of sp³-hybridized carbons (Fsp3) is 0.467. The normalized spacial score (nSPS) is 22.1. The number of carbonyl (C=O) groups is 2. The lowest BCUT2D eigenvalue weighted by molar-refractivity contribution is -0.122. The second-order valence-electron chi connectivity index (χ2n) is 5.78. The Morgan fingerprint density at radius 3 is 2.39 bits per heavy atom. The van der Waals surface area contributed by atoms with Crippen LogP contribution in [0, 0.1) is 0 Å². The highest BCUT2D eigenvalue weighted by atomic mass is 32.2. The maximum atomic E-state index is 12.4. The topological polar surface area (TPSA) is 95.6 Å². The van der Waals surface area contributed by atoms with Gasteiger partial charge in [0.15, 0.2) is 0 Å². The molecular weight excluding hydrogens is 318 g/mol. The fourth-order valence-corrected chi connectivity index (χ4v) is 4.34. The Balaban J connectivity index is 1.67. The molecule has 2 N–H and O–H groups in total. The highest BCUT2D eigenvalue weighted by molar-refractivity contribution is 7.89. The molecule has 8 heteroatoms. The van der Waals surface area contributed by atoms with Crippen LogP contribution in [-0.2, 0) is 19.6 Å². The quantitative estimate of drug-likeness (QED) is 0.845. The van der Waals surface area contributed by atoms with Crippen LogP contribution in [0.4, 0.5) is 5.69 Å². The number of amides is 2. The number of hydrogen-bond donors (Lipinski definition) is 2. The number of rotatable bonds is 4. The molecule has 0 spiro atoms. The molecule has 3 rings (SSSR count). The zero-order valence-corrected chi connectivity index (χ0v) is 13.4. The van der Waals surface area contributed by atoms with Gasteiger partial charge in [0.1, 0.15) is 6.04 Å². The molecule has 2 saturated heterocycles. The van der Waals surface area contributed by atoms with E-state index in [-0.39, 0.29) is 16.7 Å². The maximum absolute atomic E-state index is 12.4. The van der Waals surface area contributed by atoms with Gasteiger partial charge in [0.05, 0.1) is 4.90 Å². The molecular formula is C15H19N3O4S. The molecule has 0 unspecified atom stereocenters. The van der Waals surface area contributed by atoms with E-state index in [2.05, 4.69) is 10.6 Å². The first-order valence-electron chi connectivity index (χ1n) is 7.67. The van der Waals surface area contributed by atoms with Crippen molar-refractivity contribution in [2.24, 2.45) is 0 Å².